The molecule has 0 aliphatic rings. The lowest BCUT2D eigenvalue weighted by atomic mass is 10.3. The SMILES string of the molecule is Brc1ccc([SiH](c2ccccc2)c2ccccc2)cc1. The van der Waals surface area contributed by atoms with Crippen LogP contribution in [0.2, 0.25) is 0 Å². The fourth-order valence-corrected chi connectivity index (χ4v) is 5.73. The van der Waals surface area contributed by atoms with Crippen molar-refractivity contribution in [3.8, 4) is 0 Å². The number of hydrogen-bond acceptors (Lipinski definition) is 0. The number of rotatable bonds is 3. The maximum atomic E-state index is 3.52. The highest BCUT2D eigenvalue weighted by molar-refractivity contribution is 9.10. The van der Waals surface area contributed by atoms with Crippen molar-refractivity contribution >= 4 is 40.3 Å². The Morgan fingerprint density at radius 1 is 0.500 bits per heavy atom. The third-order valence-corrected chi connectivity index (χ3v) is 7.15. The van der Waals surface area contributed by atoms with Gasteiger partial charge in [-0.1, -0.05) is 104 Å². The highest BCUT2D eigenvalue weighted by Gasteiger charge is 2.17. The van der Waals surface area contributed by atoms with Crippen LogP contribution in [0.4, 0.5) is 0 Å². The van der Waals surface area contributed by atoms with Gasteiger partial charge in [0, 0.05) is 4.47 Å². The van der Waals surface area contributed by atoms with E-state index in [2.05, 4.69) is 101 Å². The van der Waals surface area contributed by atoms with Crippen LogP contribution in [0.1, 0.15) is 0 Å². The molecule has 0 aromatic heterocycles. The first-order valence-corrected chi connectivity index (χ1v) is 9.22. The van der Waals surface area contributed by atoms with Gasteiger partial charge in [-0.25, -0.2) is 0 Å². The molecule has 0 spiro atoms. The van der Waals surface area contributed by atoms with Crippen LogP contribution in [-0.2, 0) is 0 Å². The molecule has 0 bridgehead atoms. The van der Waals surface area contributed by atoms with Crippen molar-refractivity contribution in [3.63, 3.8) is 0 Å². The van der Waals surface area contributed by atoms with E-state index in [9.17, 15) is 0 Å². The minimum absolute atomic E-state index is 1.13. The standard InChI is InChI=1S/C18H15BrSi/c19-15-11-13-18(14-12-15)20(16-7-3-1-4-8-16)17-9-5-2-6-10-17/h1-14,20H. The van der Waals surface area contributed by atoms with Gasteiger partial charge in [-0.2, -0.15) is 0 Å². The molecule has 3 aromatic carbocycles. The molecule has 0 radical (unpaired) electrons. The van der Waals surface area contributed by atoms with Crippen LogP contribution in [0.25, 0.3) is 0 Å². The van der Waals surface area contributed by atoms with Crippen LogP contribution in [0.5, 0.6) is 0 Å². The Bertz CT molecular complexity index is 623. The first-order chi connectivity index (χ1) is 9.84. The molecular formula is C18H15BrSi. The fraction of sp³-hybridized carbons (Fsp3) is 0. The average molecular weight is 339 g/mol. The van der Waals surface area contributed by atoms with Crippen molar-refractivity contribution in [1.82, 2.24) is 0 Å². The largest absolute Gasteiger partial charge is 0.132 e. The lowest BCUT2D eigenvalue weighted by Gasteiger charge is -2.17. The quantitative estimate of drug-likeness (QED) is 0.508. The molecule has 20 heavy (non-hydrogen) atoms. The van der Waals surface area contributed by atoms with Crippen LogP contribution in [0.3, 0.4) is 0 Å². The lowest BCUT2D eigenvalue weighted by molar-refractivity contribution is 1.68. The topological polar surface area (TPSA) is 0 Å². The van der Waals surface area contributed by atoms with Gasteiger partial charge in [-0.05, 0) is 12.1 Å². The summed E-state index contributed by atoms with van der Waals surface area (Å²) in [6, 6.07) is 30.5. The molecule has 2 heteroatoms. The second-order valence-electron chi connectivity index (χ2n) is 4.81. The van der Waals surface area contributed by atoms with Crippen molar-refractivity contribution in [2.24, 2.45) is 0 Å². The molecule has 98 valence electrons. The Balaban J connectivity index is 2.11. The van der Waals surface area contributed by atoms with Crippen molar-refractivity contribution < 1.29 is 0 Å². The second-order valence-corrected chi connectivity index (χ2v) is 8.59. The van der Waals surface area contributed by atoms with Gasteiger partial charge in [-0.3, -0.25) is 0 Å². The lowest BCUT2D eigenvalue weighted by Crippen LogP contribution is -2.51. The van der Waals surface area contributed by atoms with Gasteiger partial charge in [0.2, 0.25) is 0 Å². The van der Waals surface area contributed by atoms with Gasteiger partial charge < -0.3 is 0 Å². The third kappa shape index (κ3) is 2.92. The molecular weight excluding hydrogens is 324 g/mol. The van der Waals surface area contributed by atoms with Crippen LogP contribution >= 0.6 is 15.9 Å². The van der Waals surface area contributed by atoms with E-state index in [4.69, 9.17) is 0 Å². The number of halogens is 1. The van der Waals surface area contributed by atoms with Crippen molar-refractivity contribution in [3.05, 3.63) is 89.4 Å². The summed E-state index contributed by atoms with van der Waals surface area (Å²) in [5, 5.41) is 4.37. The zero-order valence-corrected chi connectivity index (χ0v) is 13.8. The second kappa shape index (κ2) is 6.20. The van der Waals surface area contributed by atoms with E-state index in [1.54, 1.807) is 0 Å². The zero-order valence-electron chi connectivity index (χ0n) is 11.0. The molecule has 3 aromatic rings. The van der Waals surface area contributed by atoms with Crippen molar-refractivity contribution in [2.45, 2.75) is 0 Å². The monoisotopic (exact) mass is 338 g/mol. The molecule has 0 amide bonds. The minimum Gasteiger partial charge on any atom is -0.0625 e. The Labute approximate surface area is 129 Å². The van der Waals surface area contributed by atoms with Gasteiger partial charge in [-0.15, -0.1) is 0 Å². The summed E-state index contributed by atoms with van der Waals surface area (Å²) >= 11 is 3.52. The van der Waals surface area contributed by atoms with Crippen molar-refractivity contribution in [1.29, 1.82) is 0 Å². The fourth-order valence-electron chi connectivity index (χ4n) is 2.52. The summed E-state index contributed by atoms with van der Waals surface area (Å²) in [6.45, 7) is 0. The van der Waals surface area contributed by atoms with Crippen LogP contribution < -0.4 is 15.6 Å². The molecule has 3 rings (SSSR count). The van der Waals surface area contributed by atoms with E-state index < -0.39 is 8.80 Å². The molecule has 0 unspecified atom stereocenters. The van der Waals surface area contributed by atoms with E-state index >= 15 is 0 Å². The van der Waals surface area contributed by atoms with Gasteiger partial charge in [0.1, 0.15) is 8.80 Å². The summed E-state index contributed by atoms with van der Waals surface area (Å²) in [6.07, 6.45) is 0. The maximum absolute atomic E-state index is 3.52. The van der Waals surface area contributed by atoms with Crippen LogP contribution in [0, 0.1) is 0 Å². The molecule has 0 heterocycles. The van der Waals surface area contributed by atoms with Crippen LogP contribution in [-0.4, -0.2) is 8.80 Å². The maximum Gasteiger partial charge on any atom is 0.132 e. The predicted octanol–water partition coefficient (Wildman–Crippen LogP) is 2.70. The highest BCUT2D eigenvalue weighted by Crippen LogP contribution is 2.06. The van der Waals surface area contributed by atoms with E-state index in [0.29, 0.717) is 0 Å². The molecule has 0 fully saturated rings. The first-order valence-electron chi connectivity index (χ1n) is 6.70. The van der Waals surface area contributed by atoms with Gasteiger partial charge in [0.15, 0.2) is 0 Å². The third-order valence-electron chi connectivity index (χ3n) is 3.47. The molecule has 0 nitrogen and oxygen atoms in total. The van der Waals surface area contributed by atoms with Crippen molar-refractivity contribution in [2.75, 3.05) is 0 Å². The van der Waals surface area contributed by atoms with E-state index in [-0.39, 0.29) is 0 Å². The average Bonchev–Trinajstić information content (AvgIpc) is 2.52. The van der Waals surface area contributed by atoms with Gasteiger partial charge in [0.05, 0.1) is 0 Å². The minimum atomic E-state index is -1.35. The molecule has 0 saturated heterocycles. The van der Waals surface area contributed by atoms with Gasteiger partial charge in [0.25, 0.3) is 0 Å². The summed E-state index contributed by atoms with van der Waals surface area (Å²) in [5.41, 5.74) is 0. The molecule has 0 saturated carbocycles. The summed E-state index contributed by atoms with van der Waals surface area (Å²) < 4.78 is 1.13. The van der Waals surface area contributed by atoms with E-state index in [1.165, 1.54) is 15.6 Å². The van der Waals surface area contributed by atoms with E-state index in [0.717, 1.165) is 4.47 Å². The molecule has 0 atom stereocenters. The Morgan fingerprint density at radius 2 is 0.900 bits per heavy atom. The Morgan fingerprint density at radius 3 is 1.35 bits per heavy atom. The summed E-state index contributed by atoms with van der Waals surface area (Å²) in [4.78, 5) is 0. The Kier molecular flexibility index (Phi) is 4.14. The molecule has 0 aliphatic carbocycles. The smallest absolute Gasteiger partial charge is 0.0625 e. The number of hydrogen-bond donors (Lipinski definition) is 0. The summed E-state index contributed by atoms with van der Waals surface area (Å²) in [7, 11) is -1.35. The summed E-state index contributed by atoms with van der Waals surface area (Å²) in [5.74, 6) is 0. The highest BCUT2D eigenvalue weighted by atomic mass is 79.9. The zero-order chi connectivity index (χ0) is 13.8. The number of benzene rings is 3. The van der Waals surface area contributed by atoms with Gasteiger partial charge >= 0.3 is 0 Å². The van der Waals surface area contributed by atoms with Crippen LogP contribution in [0.15, 0.2) is 89.4 Å². The molecule has 0 N–H and O–H groups in total. The van der Waals surface area contributed by atoms with E-state index in [1.807, 2.05) is 0 Å². The first kappa shape index (κ1) is 13.3. The normalized spacial score (nSPS) is 10.7. The Hall–Kier alpha value is -1.64. The predicted molar refractivity (Wildman–Crippen MR) is 93.1 cm³/mol. The molecule has 0 aliphatic heterocycles.